The van der Waals surface area contributed by atoms with Crippen LogP contribution < -0.4 is 19.7 Å². The molecule has 1 aromatic heterocycles. The van der Waals surface area contributed by atoms with E-state index in [1.54, 1.807) is 0 Å². The molecular formula is C25H31N3O4. The van der Waals surface area contributed by atoms with Crippen molar-refractivity contribution >= 4 is 22.7 Å². The first-order valence-electron chi connectivity index (χ1n) is 11.3. The number of fused-ring (bicyclic) bond motifs is 1. The van der Waals surface area contributed by atoms with Gasteiger partial charge in [0.1, 0.15) is 11.5 Å². The molecule has 0 saturated carbocycles. The van der Waals surface area contributed by atoms with Gasteiger partial charge in [-0.15, -0.1) is 0 Å². The third-order valence-electron chi connectivity index (χ3n) is 5.67. The highest BCUT2D eigenvalue weighted by molar-refractivity contribution is 5.84. The van der Waals surface area contributed by atoms with E-state index < -0.39 is 0 Å². The van der Waals surface area contributed by atoms with Gasteiger partial charge in [0, 0.05) is 31.6 Å². The minimum atomic E-state index is -0.249. The van der Waals surface area contributed by atoms with Crippen LogP contribution in [0.3, 0.4) is 0 Å². The average Bonchev–Trinajstić information content (AvgIpc) is 3.26. The van der Waals surface area contributed by atoms with E-state index in [2.05, 4.69) is 16.3 Å². The van der Waals surface area contributed by atoms with E-state index in [4.69, 9.17) is 13.9 Å². The molecule has 1 aliphatic heterocycles. The summed E-state index contributed by atoms with van der Waals surface area (Å²) in [5, 5.41) is 4.04. The van der Waals surface area contributed by atoms with Crippen molar-refractivity contribution in [2.45, 2.75) is 26.8 Å². The Kier molecular flexibility index (Phi) is 6.73. The second kappa shape index (κ2) is 9.85. The molecule has 1 unspecified atom stereocenters. The molecule has 3 aromatic rings. The summed E-state index contributed by atoms with van der Waals surface area (Å²) in [6.07, 6.45) is 0. The Morgan fingerprint density at radius 3 is 2.44 bits per heavy atom. The predicted molar refractivity (Wildman–Crippen MR) is 126 cm³/mol. The number of hydrogen-bond acceptors (Lipinski definition) is 5. The number of urea groups is 1. The van der Waals surface area contributed by atoms with Crippen molar-refractivity contribution in [2.24, 2.45) is 0 Å². The number of furan rings is 1. The molecule has 1 aliphatic rings. The maximum atomic E-state index is 12.9. The molecular weight excluding hydrogens is 406 g/mol. The van der Waals surface area contributed by atoms with Crippen molar-refractivity contribution in [2.75, 3.05) is 44.3 Å². The average molecular weight is 438 g/mol. The summed E-state index contributed by atoms with van der Waals surface area (Å²) >= 11 is 0. The van der Waals surface area contributed by atoms with E-state index in [0.29, 0.717) is 37.6 Å². The molecule has 1 N–H and O–H groups in total. The predicted octanol–water partition coefficient (Wildman–Crippen LogP) is 4.82. The summed E-state index contributed by atoms with van der Waals surface area (Å²) in [5.41, 5.74) is 1.79. The highest BCUT2D eigenvalue weighted by Gasteiger charge is 2.25. The number of ether oxygens (including phenoxy) is 2. The molecule has 2 amide bonds. The van der Waals surface area contributed by atoms with Gasteiger partial charge < -0.3 is 29.0 Å². The number of anilines is 1. The zero-order valence-electron chi connectivity index (χ0n) is 19.0. The molecule has 32 heavy (non-hydrogen) atoms. The van der Waals surface area contributed by atoms with Crippen LogP contribution >= 0.6 is 0 Å². The lowest BCUT2D eigenvalue weighted by molar-refractivity contribution is 0.189. The van der Waals surface area contributed by atoms with Crippen molar-refractivity contribution in [3.05, 3.63) is 54.3 Å². The van der Waals surface area contributed by atoms with Crippen molar-refractivity contribution in [1.82, 2.24) is 10.2 Å². The van der Waals surface area contributed by atoms with Crippen LogP contribution in [-0.2, 0) is 0 Å². The molecule has 0 aliphatic carbocycles. The van der Waals surface area contributed by atoms with E-state index >= 15 is 0 Å². The Hall–Kier alpha value is -3.35. The van der Waals surface area contributed by atoms with E-state index in [1.165, 1.54) is 0 Å². The fourth-order valence-electron chi connectivity index (χ4n) is 4.03. The van der Waals surface area contributed by atoms with E-state index in [-0.39, 0.29) is 12.1 Å². The highest BCUT2D eigenvalue weighted by Crippen LogP contribution is 2.32. The van der Waals surface area contributed by atoms with Gasteiger partial charge >= 0.3 is 6.03 Å². The van der Waals surface area contributed by atoms with Gasteiger partial charge in [-0.3, -0.25) is 0 Å². The zero-order chi connectivity index (χ0) is 22.5. The summed E-state index contributed by atoms with van der Waals surface area (Å²) in [7, 11) is 0. The van der Waals surface area contributed by atoms with Gasteiger partial charge in [0.05, 0.1) is 24.9 Å². The van der Waals surface area contributed by atoms with Gasteiger partial charge in [0.15, 0.2) is 11.3 Å². The van der Waals surface area contributed by atoms with Crippen LogP contribution in [0, 0.1) is 0 Å². The van der Waals surface area contributed by atoms with Crippen molar-refractivity contribution in [3.8, 4) is 11.5 Å². The summed E-state index contributed by atoms with van der Waals surface area (Å²) in [4.78, 5) is 17.0. The number of para-hydroxylation sites is 3. The Bertz CT molecular complexity index is 1060. The number of benzene rings is 2. The van der Waals surface area contributed by atoms with E-state index in [1.807, 2.05) is 68.1 Å². The summed E-state index contributed by atoms with van der Waals surface area (Å²) in [5.74, 6) is 2.32. The molecule has 0 spiro atoms. The quantitative estimate of drug-likeness (QED) is 0.574. The van der Waals surface area contributed by atoms with Crippen LogP contribution in [0.15, 0.2) is 52.9 Å². The fourth-order valence-corrected chi connectivity index (χ4v) is 4.03. The summed E-state index contributed by atoms with van der Waals surface area (Å²) in [6, 6.07) is 15.5. The molecule has 2 aromatic carbocycles. The van der Waals surface area contributed by atoms with Crippen molar-refractivity contribution in [1.29, 1.82) is 0 Å². The third kappa shape index (κ3) is 4.61. The Morgan fingerprint density at radius 2 is 1.69 bits per heavy atom. The second-order valence-electron chi connectivity index (χ2n) is 7.80. The van der Waals surface area contributed by atoms with Crippen molar-refractivity contribution in [3.63, 3.8) is 0 Å². The standard InChI is InChI=1S/C25H31N3O4/c1-4-30-21-11-7-6-10-20(21)27-13-15-28(16-14-27)25(29)26-18(3)23-17-19-9-8-12-22(31-5-2)24(19)32-23/h6-12,17-18H,4-5,13-16H2,1-3H3,(H,26,29). The molecule has 170 valence electrons. The number of piperazine rings is 1. The number of carbonyl (C=O) groups excluding carboxylic acids is 1. The molecule has 4 rings (SSSR count). The molecule has 0 bridgehead atoms. The van der Waals surface area contributed by atoms with Crippen LogP contribution in [0.5, 0.6) is 11.5 Å². The molecule has 1 atom stereocenters. The number of carbonyl (C=O) groups is 1. The molecule has 1 fully saturated rings. The number of rotatable bonds is 7. The molecule has 7 heteroatoms. The normalized spacial score (nSPS) is 15.0. The minimum absolute atomic E-state index is 0.0827. The van der Waals surface area contributed by atoms with Crippen molar-refractivity contribution < 1.29 is 18.7 Å². The first-order valence-corrected chi connectivity index (χ1v) is 11.3. The lowest BCUT2D eigenvalue weighted by atomic mass is 10.2. The summed E-state index contributed by atoms with van der Waals surface area (Å²) in [6.45, 7) is 9.88. The number of nitrogens with zero attached hydrogens (tertiary/aromatic N) is 2. The van der Waals surface area contributed by atoms with Crippen LogP contribution in [-0.4, -0.2) is 50.3 Å². The van der Waals surface area contributed by atoms with Gasteiger partial charge in [-0.1, -0.05) is 24.3 Å². The van der Waals surface area contributed by atoms with Gasteiger partial charge in [0.2, 0.25) is 0 Å². The van der Waals surface area contributed by atoms with Gasteiger partial charge in [-0.2, -0.15) is 0 Å². The highest BCUT2D eigenvalue weighted by atomic mass is 16.5. The number of hydrogen-bond donors (Lipinski definition) is 1. The van der Waals surface area contributed by atoms with Gasteiger partial charge in [0.25, 0.3) is 0 Å². The smallest absolute Gasteiger partial charge is 0.318 e. The Labute approximate surface area is 188 Å². The van der Waals surface area contributed by atoms with Gasteiger partial charge in [-0.05, 0) is 45.0 Å². The monoisotopic (exact) mass is 437 g/mol. The van der Waals surface area contributed by atoms with E-state index in [9.17, 15) is 4.79 Å². The SMILES string of the molecule is CCOc1ccccc1N1CCN(C(=O)NC(C)c2cc3cccc(OCC)c3o2)CC1. The first kappa shape index (κ1) is 21.9. The van der Waals surface area contributed by atoms with E-state index in [0.717, 1.165) is 35.7 Å². The summed E-state index contributed by atoms with van der Waals surface area (Å²) < 4.78 is 17.4. The molecule has 1 saturated heterocycles. The number of amides is 2. The molecule has 2 heterocycles. The fraction of sp³-hybridized carbons (Fsp3) is 0.400. The van der Waals surface area contributed by atoms with Crippen LogP contribution in [0.2, 0.25) is 0 Å². The largest absolute Gasteiger partial charge is 0.492 e. The maximum absolute atomic E-state index is 12.9. The second-order valence-corrected chi connectivity index (χ2v) is 7.80. The zero-order valence-corrected chi connectivity index (χ0v) is 19.0. The maximum Gasteiger partial charge on any atom is 0.318 e. The first-order chi connectivity index (χ1) is 15.6. The van der Waals surface area contributed by atoms with Crippen LogP contribution in [0.4, 0.5) is 10.5 Å². The Balaban J connectivity index is 1.37. The molecule has 7 nitrogen and oxygen atoms in total. The topological polar surface area (TPSA) is 67.2 Å². The third-order valence-corrected chi connectivity index (χ3v) is 5.67. The van der Waals surface area contributed by atoms with Crippen LogP contribution in [0.25, 0.3) is 11.0 Å². The lowest BCUT2D eigenvalue weighted by Gasteiger charge is -2.37. The van der Waals surface area contributed by atoms with Crippen LogP contribution in [0.1, 0.15) is 32.6 Å². The Morgan fingerprint density at radius 1 is 1.00 bits per heavy atom. The molecule has 0 radical (unpaired) electrons. The minimum Gasteiger partial charge on any atom is -0.492 e. The lowest BCUT2D eigenvalue weighted by Crippen LogP contribution is -2.52. The number of nitrogens with one attached hydrogen (secondary N) is 1. The van der Waals surface area contributed by atoms with Gasteiger partial charge in [-0.25, -0.2) is 4.79 Å².